The van der Waals surface area contributed by atoms with E-state index in [2.05, 4.69) is 13.5 Å². The molecule has 0 heterocycles. The van der Waals surface area contributed by atoms with Crippen molar-refractivity contribution in [2.75, 3.05) is 72.7 Å². The second kappa shape index (κ2) is 24.0. The van der Waals surface area contributed by atoms with Crippen LogP contribution in [-0.2, 0) is 33.2 Å². The van der Waals surface area contributed by atoms with Gasteiger partial charge in [0.15, 0.2) is 0 Å². The number of carbonyl (C=O) groups excluding carboxylic acids is 1. The van der Waals surface area contributed by atoms with Gasteiger partial charge in [0, 0.05) is 6.42 Å². The van der Waals surface area contributed by atoms with Gasteiger partial charge in [-0.15, -0.1) is 6.58 Å². The van der Waals surface area contributed by atoms with Crippen molar-refractivity contribution in [1.29, 1.82) is 0 Å². The molecule has 28 heavy (non-hydrogen) atoms. The van der Waals surface area contributed by atoms with Gasteiger partial charge in [-0.25, -0.2) is 0 Å². The number of unbranched alkanes of at least 4 members (excludes halogenated alkanes) is 4. The molecule has 7 nitrogen and oxygen atoms in total. The number of esters is 1. The van der Waals surface area contributed by atoms with Gasteiger partial charge in [0.1, 0.15) is 6.61 Å². The highest BCUT2D eigenvalue weighted by atomic mass is 16.6. The van der Waals surface area contributed by atoms with Crippen LogP contribution in [0.15, 0.2) is 12.7 Å². The lowest BCUT2D eigenvalue weighted by molar-refractivity contribution is -0.145. The lowest BCUT2D eigenvalue weighted by atomic mass is 10.1. The van der Waals surface area contributed by atoms with Crippen LogP contribution in [0.25, 0.3) is 0 Å². The van der Waals surface area contributed by atoms with E-state index >= 15 is 0 Å². The molecule has 0 spiro atoms. The molecular weight excluding hydrogens is 364 g/mol. The molecule has 0 atom stereocenters. The van der Waals surface area contributed by atoms with Gasteiger partial charge in [0.25, 0.3) is 0 Å². The Morgan fingerprint density at radius 3 is 1.64 bits per heavy atom. The van der Waals surface area contributed by atoms with Crippen molar-refractivity contribution >= 4 is 5.97 Å². The van der Waals surface area contributed by atoms with E-state index in [-0.39, 0.29) is 5.97 Å². The van der Waals surface area contributed by atoms with Gasteiger partial charge < -0.3 is 28.4 Å². The molecule has 0 aromatic carbocycles. The average Bonchev–Trinajstić information content (AvgIpc) is 2.70. The first-order valence-electron chi connectivity index (χ1n) is 10.5. The van der Waals surface area contributed by atoms with E-state index in [4.69, 9.17) is 28.4 Å². The third-order valence-electron chi connectivity index (χ3n) is 3.70. The van der Waals surface area contributed by atoms with Crippen LogP contribution >= 0.6 is 0 Å². The van der Waals surface area contributed by atoms with Crippen LogP contribution in [0.3, 0.4) is 0 Å². The monoisotopic (exact) mass is 404 g/mol. The summed E-state index contributed by atoms with van der Waals surface area (Å²) in [6.45, 7) is 11.2. The normalized spacial score (nSPS) is 10.9. The molecule has 0 aliphatic carbocycles. The Morgan fingerprint density at radius 1 is 0.679 bits per heavy atom. The Morgan fingerprint density at radius 2 is 1.14 bits per heavy atom. The molecule has 0 aliphatic rings. The fourth-order valence-corrected chi connectivity index (χ4v) is 2.21. The summed E-state index contributed by atoms with van der Waals surface area (Å²) >= 11 is 0. The average molecular weight is 405 g/mol. The second-order valence-corrected chi connectivity index (χ2v) is 6.20. The Balaban J connectivity index is 3.09. The van der Waals surface area contributed by atoms with E-state index in [1.807, 2.05) is 0 Å². The van der Waals surface area contributed by atoms with Crippen molar-refractivity contribution in [2.45, 2.75) is 45.4 Å². The molecule has 0 amide bonds. The number of hydrogen-bond acceptors (Lipinski definition) is 7. The molecule has 0 unspecified atom stereocenters. The fourth-order valence-electron chi connectivity index (χ4n) is 2.21. The van der Waals surface area contributed by atoms with Crippen molar-refractivity contribution in [3.63, 3.8) is 0 Å². The summed E-state index contributed by atoms with van der Waals surface area (Å²) in [7, 11) is 0. The highest BCUT2D eigenvalue weighted by Crippen LogP contribution is 2.05. The molecule has 0 radical (unpaired) electrons. The second-order valence-electron chi connectivity index (χ2n) is 6.20. The van der Waals surface area contributed by atoms with Crippen LogP contribution in [0, 0.1) is 0 Å². The lowest BCUT2D eigenvalue weighted by Crippen LogP contribution is -2.15. The van der Waals surface area contributed by atoms with Gasteiger partial charge in [-0.1, -0.05) is 38.7 Å². The van der Waals surface area contributed by atoms with Crippen molar-refractivity contribution < 1.29 is 33.2 Å². The molecule has 0 fully saturated rings. The summed E-state index contributed by atoms with van der Waals surface area (Å²) in [4.78, 5) is 11.5. The minimum Gasteiger partial charge on any atom is -0.463 e. The maximum Gasteiger partial charge on any atom is 0.305 e. The SMILES string of the molecule is C=CCOCCOCCOCCOCCOCCOC(=O)CCCCCCC. The Bertz CT molecular complexity index is 337. The van der Waals surface area contributed by atoms with E-state index in [1.54, 1.807) is 6.08 Å². The molecule has 0 aromatic rings. The largest absolute Gasteiger partial charge is 0.463 e. The number of hydrogen-bond donors (Lipinski definition) is 0. The third-order valence-corrected chi connectivity index (χ3v) is 3.70. The van der Waals surface area contributed by atoms with E-state index in [1.165, 1.54) is 19.3 Å². The smallest absolute Gasteiger partial charge is 0.305 e. The molecule has 0 aromatic heterocycles. The van der Waals surface area contributed by atoms with Crippen LogP contribution in [-0.4, -0.2) is 78.6 Å². The molecule has 0 aliphatic heterocycles. The van der Waals surface area contributed by atoms with Gasteiger partial charge >= 0.3 is 5.97 Å². The van der Waals surface area contributed by atoms with Crippen LogP contribution in [0.5, 0.6) is 0 Å². The maximum absolute atomic E-state index is 11.5. The van der Waals surface area contributed by atoms with E-state index in [9.17, 15) is 4.79 Å². The predicted molar refractivity (Wildman–Crippen MR) is 109 cm³/mol. The number of ether oxygens (including phenoxy) is 6. The molecular formula is C21H40O7. The molecule has 0 bridgehead atoms. The summed E-state index contributed by atoms with van der Waals surface area (Å²) in [6.07, 6.45) is 7.85. The van der Waals surface area contributed by atoms with Crippen molar-refractivity contribution in [3.05, 3.63) is 12.7 Å². The Labute approximate surface area is 170 Å². The predicted octanol–water partition coefficient (Wildman–Crippen LogP) is 3.16. The van der Waals surface area contributed by atoms with Crippen molar-refractivity contribution in [1.82, 2.24) is 0 Å². The molecule has 7 heteroatoms. The summed E-state index contributed by atoms with van der Waals surface area (Å²) < 4.78 is 31.8. The number of carbonyl (C=O) groups is 1. The molecule has 0 N–H and O–H groups in total. The summed E-state index contributed by atoms with van der Waals surface area (Å²) in [5.74, 6) is -0.137. The van der Waals surface area contributed by atoms with Crippen LogP contribution in [0.2, 0.25) is 0 Å². The molecule has 0 saturated carbocycles. The van der Waals surface area contributed by atoms with Gasteiger partial charge in [-0.05, 0) is 6.42 Å². The Hall–Kier alpha value is -0.990. The first-order valence-corrected chi connectivity index (χ1v) is 10.5. The van der Waals surface area contributed by atoms with Gasteiger partial charge in [0.05, 0.1) is 66.1 Å². The standard InChI is InChI=1S/C21H40O7/c1-3-5-6-7-8-9-21(22)28-20-19-27-18-17-26-16-15-25-14-13-24-12-11-23-10-4-2/h4H,2-3,5-20H2,1H3. The minimum atomic E-state index is -0.137. The summed E-state index contributed by atoms with van der Waals surface area (Å²) in [5.41, 5.74) is 0. The number of rotatable bonds is 23. The first-order chi connectivity index (χ1) is 13.8. The molecule has 0 saturated heterocycles. The quantitative estimate of drug-likeness (QED) is 0.147. The zero-order chi connectivity index (χ0) is 20.5. The van der Waals surface area contributed by atoms with Crippen LogP contribution in [0.1, 0.15) is 45.4 Å². The van der Waals surface area contributed by atoms with Gasteiger partial charge in [-0.3, -0.25) is 4.79 Å². The maximum atomic E-state index is 11.5. The van der Waals surface area contributed by atoms with Crippen molar-refractivity contribution in [3.8, 4) is 0 Å². The van der Waals surface area contributed by atoms with Gasteiger partial charge in [0.2, 0.25) is 0 Å². The fraction of sp³-hybridized carbons (Fsp3) is 0.857. The van der Waals surface area contributed by atoms with Gasteiger partial charge in [-0.2, -0.15) is 0 Å². The highest BCUT2D eigenvalue weighted by Gasteiger charge is 2.02. The zero-order valence-electron chi connectivity index (χ0n) is 17.7. The molecule has 0 rings (SSSR count). The summed E-state index contributed by atoms with van der Waals surface area (Å²) in [6, 6.07) is 0. The third kappa shape index (κ3) is 23.0. The van der Waals surface area contributed by atoms with Crippen molar-refractivity contribution in [2.24, 2.45) is 0 Å². The molecule has 166 valence electrons. The zero-order valence-corrected chi connectivity index (χ0v) is 17.7. The van der Waals surface area contributed by atoms with E-state index in [0.29, 0.717) is 79.1 Å². The van der Waals surface area contributed by atoms with E-state index in [0.717, 1.165) is 12.8 Å². The lowest BCUT2D eigenvalue weighted by Gasteiger charge is -2.08. The van der Waals surface area contributed by atoms with Crippen LogP contribution in [0.4, 0.5) is 0 Å². The van der Waals surface area contributed by atoms with Crippen LogP contribution < -0.4 is 0 Å². The minimum absolute atomic E-state index is 0.137. The topological polar surface area (TPSA) is 72.5 Å². The Kier molecular flexibility index (Phi) is 23.2. The highest BCUT2D eigenvalue weighted by molar-refractivity contribution is 5.69. The van der Waals surface area contributed by atoms with E-state index < -0.39 is 0 Å². The summed E-state index contributed by atoms with van der Waals surface area (Å²) in [5, 5.41) is 0. The first kappa shape index (κ1) is 27.0.